The van der Waals surface area contributed by atoms with Crippen molar-refractivity contribution in [3.8, 4) is 17.1 Å². The zero-order valence-corrected chi connectivity index (χ0v) is 18.7. The minimum atomic E-state index is -0.116. The maximum Gasteiger partial charge on any atom is 0.203 e. The summed E-state index contributed by atoms with van der Waals surface area (Å²) in [5.41, 5.74) is 4.08. The molecule has 0 atom stereocenters. The molecule has 0 saturated carbocycles. The number of nitrogens with zero attached hydrogens (tertiary/aromatic N) is 2. The number of hydrogen-bond acceptors (Lipinski definition) is 5. The van der Waals surface area contributed by atoms with E-state index in [0.29, 0.717) is 59.9 Å². The van der Waals surface area contributed by atoms with Crippen molar-refractivity contribution in [3.63, 3.8) is 0 Å². The smallest absolute Gasteiger partial charge is 0.203 e. The SMILES string of the molecule is CCc1cc2c(=O)c(-c3nc4ccccc4n3C)c(C)oc2c(C[NH+]2CCOCC2)c1O. The highest BCUT2D eigenvalue weighted by atomic mass is 16.5. The van der Waals surface area contributed by atoms with Gasteiger partial charge in [0.25, 0.3) is 0 Å². The van der Waals surface area contributed by atoms with Gasteiger partial charge in [-0.1, -0.05) is 19.1 Å². The van der Waals surface area contributed by atoms with Crippen molar-refractivity contribution in [2.75, 3.05) is 26.3 Å². The molecule has 1 aliphatic rings. The van der Waals surface area contributed by atoms with Crippen LogP contribution in [0.4, 0.5) is 0 Å². The number of nitrogens with one attached hydrogen (secondary N) is 1. The van der Waals surface area contributed by atoms with E-state index in [4.69, 9.17) is 14.1 Å². The summed E-state index contributed by atoms with van der Waals surface area (Å²) in [5.74, 6) is 1.32. The van der Waals surface area contributed by atoms with Gasteiger partial charge in [-0.15, -0.1) is 0 Å². The molecule has 1 fully saturated rings. The molecule has 4 aromatic rings. The van der Waals surface area contributed by atoms with Gasteiger partial charge in [0.1, 0.15) is 42.5 Å². The number of phenols is 1. The number of aromatic hydroxyl groups is 1. The van der Waals surface area contributed by atoms with E-state index in [1.807, 2.05) is 42.8 Å². The number of aryl methyl sites for hydroxylation is 3. The molecule has 0 radical (unpaired) electrons. The molecule has 0 unspecified atom stereocenters. The third-order valence-electron chi connectivity index (χ3n) is 6.52. The number of morpholine rings is 1. The van der Waals surface area contributed by atoms with Crippen LogP contribution >= 0.6 is 0 Å². The Morgan fingerprint density at radius 2 is 1.97 bits per heavy atom. The highest BCUT2D eigenvalue weighted by molar-refractivity contribution is 5.88. The second-order valence-electron chi connectivity index (χ2n) is 8.48. The van der Waals surface area contributed by atoms with Gasteiger partial charge in [-0.05, 0) is 37.1 Å². The van der Waals surface area contributed by atoms with Gasteiger partial charge in [0.05, 0.1) is 35.2 Å². The quantitative estimate of drug-likeness (QED) is 0.515. The molecule has 7 nitrogen and oxygen atoms in total. The first-order chi connectivity index (χ1) is 15.5. The number of quaternary nitrogens is 1. The topological polar surface area (TPSA) is 81.9 Å². The molecule has 0 aliphatic carbocycles. The number of hydrogen-bond donors (Lipinski definition) is 2. The van der Waals surface area contributed by atoms with Crippen LogP contribution < -0.4 is 10.3 Å². The minimum absolute atomic E-state index is 0.116. The van der Waals surface area contributed by atoms with Gasteiger partial charge in [0.15, 0.2) is 5.58 Å². The lowest BCUT2D eigenvalue weighted by Crippen LogP contribution is -3.12. The Morgan fingerprint density at radius 1 is 1.22 bits per heavy atom. The van der Waals surface area contributed by atoms with Gasteiger partial charge in [0, 0.05) is 7.05 Å². The van der Waals surface area contributed by atoms with Crippen molar-refractivity contribution >= 4 is 22.0 Å². The molecule has 1 saturated heterocycles. The Kier molecular flexibility index (Phi) is 5.23. The summed E-state index contributed by atoms with van der Waals surface area (Å²) in [4.78, 5) is 19.8. The third-order valence-corrected chi connectivity index (χ3v) is 6.52. The van der Waals surface area contributed by atoms with E-state index in [9.17, 15) is 9.90 Å². The molecule has 1 aliphatic heterocycles. The first-order valence-electron chi connectivity index (χ1n) is 11.1. The van der Waals surface area contributed by atoms with E-state index in [-0.39, 0.29) is 11.2 Å². The van der Waals surface area contributed by atoms with Gasteiger partial charge < -0.3 is 23.7 Å². The molecule has 0 bridgehead atoms. The average Bonchev–Trinajstić information content (AvgIpc) is 3.13. The monoisotopic (exact) mass is 434 g/mol. The first kappa shape index (κ1) is 20.7. The summed E-state index contributed by atoms with van der Waals surface area (Å²) in [6, 6.07) is 9.60. The van der Waals surface area contributed by atoms with Crippen molar-refractivity contribution in [1.82, 2.24) is 9.55 Å². The zero-order chi connectivity index (χ0) is 22.4. The largest absolute Gasteiger partial charge is 0.507 e. The predicted octanol–water partition coefficient (Wildman–Crippen LogP) is 2.34. The van der Waals surface area contributed by atoms with Crippen LogP contribution in [0.25, 0.3) is 33.4 Å². The van der Waals surface area contributed by atoms with E-state index >= 15 is 0 Å². The van der Waals surface area contributed by atoms with Gasteiger partial charge >= 0.3 is 0 Å². The lowest BCUT2D eigenvalue weighted by molar-refractivity contribution is -0.921. The van der Waals surface area contributed by atoms with E-state index < -0.39 is 0 Å². The van der Waals surface area contributed by atoms with Crippen LogP contribution in [0, 0.1) is 6.92 Å². The average molecular weight is 435 g/mol. The van der Waals surface area contributed by atoms with Crippen LogP contribution in [-0.2, 0) is 24.8 Å². The second kappa shape index (κ2) is 8.07. The van der Waals surface area contributed by atoms with Gasteiger partial charge in [-0.3, -0.25) is 4.79 Å². The molecule has 2 aromatic carbocycles. The maximum atomic E-state index is 13.8. The Morgan fingerprint density at radius 3 is 2.69 bits per heavy atom. The van der Waals surface area contributed by atoms with Crippen LogP contribution in [0.15, 0.2) is 39.5 Å². The van der Waals surface area contributed by atoms with Gasteiger partial charge in [-0.2, -0.15) is 0 Å². The summed E-state index contributed by atoms with van der Waals surface area (Å²) in [6.07, 6.45) is 0.627. The molecule has 32 heavy (non-hydrogen) atoms. The molecular weight excluding hydrogens is 406 g/mol. The fourth-order valence-electron chi connectivity index (χ4n) is 4.70. The van der Waals surface area contributed by atoms with E-state index in [2.05, 4.69) is 0 Å². The number of imidazole rings is 1. The molecule has 2 aromatic heterocycles. The highest BCUT2D eigenvalue weighted by Crippen LogP contribution is 2.33. The maximum absolute atomic E-state index is 13.8. The first-order valence-corrected chi connectivity index (χ1v) is 11.1. The van der Waals surface area contributed by atoms with Crippen molar-refractivity contribution in [3.05, 3.63) is 57.4 Å². The van der Waals surface area contributed by atoms with Crippen molar-refractivity contribution in [2.45, 2.75) is 26.8 Å². The number of ether oxygens (including phenoxy) is 1. The lowest BCUT2D eigenvalue weighted by Gasteiger charge is -2.24. The molecule has 0 spiro atoms. The van der Waals surface area contributed by atoms with E-state index in [0.717, 1.165) is 29.7 Å². The summed E-state index contributed by atoms with van der Waals surface area (Å²) in [7, 11) is 1.91. The van der Waals surface area contributed by atoms with Crippen LogP contribution in [0.2, 0.25) is 0 Å². The number of para-hydroxylation sites is 2. The molecule has 0 amide bonds. The number of aromatic nitrogens is 2. The summed E-state index contributed by atoms with van der Waals surface area (Å²) >= 11 is 0. The highest BCUT2D eigenvalue weighted by Gasteiger charge is 2.26. The molecule has 3 heterocycles. The summed E-state index contributed by atoms with van der Waals surface area (Å²) in [6.45, 7) is 7.48. The predicted molar refractivity (Wildman–Crippen MR) is 123 cm³/mol. The Balaban J connectivity index is 1.74. The second-order valence-corrected chi connectivity index (χ2v) is 8.48. The zero-order valence-electron chi connectivity index (χ0n) is 18.7. The van der Waals surface area contributed by atoms with Crippen molar-refractivity contribution in [1.29, 1.82) is 0 Å². The van der Waals surface area contributed by atoms with E-state index in [1.165, 1.54) is 4.90 Å². The third kappa shape index (κ3) is 3.29. The molecule has 5 rings (SSSR count). The molecular formula is C25H28N3O4+. The van der Waals surface area contributed by atoms with Crippen molar-refractivity contribution < 1.29 is 19.2 Å². The van der Waals surface area contributed by atoms with Crippen LogP contribution in [0.1, 0.15) is 23.8 Å². The number of fused-ring (bicyclic) bond motifs is 2. The normalized spacial score (nSPS) is 15.1. The minimum Gasteiger partial charge on any atom is -0.507 e. The fraction of sp³-hybridized carbons (Fsp3) is 0.360. The number of benzene rings is 2. The molecule has 2 N–H and O–H groups in total. The fourth-order valence-corrected chi connectivity index (χ4v) is 4.70. The Hall–Kier alpha value is -3.16. The van der Waals surface area contributed by atoms with Gasteiger partial charge in [-0.25, -0.2) is 4.98 Å². The Bertz CT molecular complexity index is 1380. The molecule has 166 valence electrons. The lowest BCUT2D eigenvalue weighted by atomic mass is 9.99. The number of phenolic OH excluding ortho intramolecular Hbond substituents is 1. The number of rotatable bonds is 4. The van der Waals surface area contributed by atoms with Crippen LogP contribution in [-0.4, -0.2) is 41.0 Å². The summed E-state index contributed by atoms with van der Waals surface area (Å²) < 4.78 is 13.7. The summed E-state index contributed by atoms with van der Waals surface area (Å²) in [5, 5.41) is 11.5. The van der Waals surface area contributed by atoms with Crippen LogP contribution in [0.5, 0.6) is 5.75 Å². The van der Waals surface area contributed by atoms with Gasteiger partial charge in [0.2, 0.25) is 5.43 Å². The standard InChI is InChI=1S/C25H27N3O4/c1-4-16-13-17-23(30)21(25-26-19-7-5-6-8-20(19)27(25)3)15(2)32-24(17)18(22(16)29)14-28-9-11-31-12-10-28/h5-8,13,29H,4,9-12,14H2,1-3H3/p+1. The molecule has 7 heteroatoms. The van der Waals surface area contributed by atoms with Crippen LogP contribution in [0.3, 0.4) is 0 Å². The Labute approximate surface area is 185 Å². The van der Waals surface area contributed by atoms with Crippen molar-refractivity contribution in [2.24, 2.45) is 7.05 Å². The van der Waals surface area contributed by atoms with E-state index in [1.54, 1.807) is 13.0 Å².